The molecule has 1 aliphatic carbocycles. The Labute approximate surface area is 159 Å². The van der Waals surface area contributed by atoms with E-state index < -0.39 is 11.7 Å². The van der Waals surface area contributed by atoms with Crippen molar-refractivity contribution in [2.75, 3.05) is 13.6 Å². The van der Waals surface area contributed by atoms with Gasteiger partial charge in [-0.3, -0.25) is 9.59 Å². The van der Waals surface area contributed by atoms with Crippen LogP contribution in [0.15, 0.2) is 42.6 Å². The number of hydrogen-bond donors (Lipinski definition) is 1. The summed E-state index contributed by atoms with van der Waals surface area (Å²) in [5.41, 5.74) is -0.510. The molecule has 28 heavy (non-hydrogen) atoms. The summed E-state index contributed by atoms with van der Waals surface area (Å²) in [4.78, 5) is 29.1. The van der Waals surface area contributed by atoms with E-state index >= 15 is 0 Å². The van der Waals surface area contributed by atoms with Crippen molar-refractivity contribution in [3.05, 3.63) is 53.7 Å². The summed E-state index contributed by atoms with van der Waals surface area (Å²) in [7, 11) is 1.53. The summed E-state index contributed by atoms with van der Waals surface area (Å²) in [5, 5.41) is 2.81. The second-order valence-corrected chi connectivity index (χ2v) is 6.51. The van der Waals surface area contributed by atoms with Crippen LogP contribution in [-0.4, -0.2) is 41.3 Å². The van der Waals surface area contributed by atoms with Gasteiger partial charge >= 0.3 is 6.18 Å². The van der Waals surface area contributed by atoms with E-state index in [0.29, 0.717) is 17.5 Å². The van der Waals surface area contributed by atoms with E-state index in [1.54, 1.807) is 0 Å². The van der Waals surface area contributed by atoms with Crippen LogP contribution in [0.25, 0.3) is 0 Å². The zero-order chi connectivity index (χ0) is 20.3. The fourth-order valence-corrected chi connectivity index (χ4v) is 2.40. The molecule has 2 amide bonds. The highest BCUT2D eigenvalue weighted by atomic mass is 19.4. The maximum Gasteiger partial charge on any atom is 0.417 e. The largest absolute Gasteiger partial charge is 0.439 e. The fraction of sp³-hybridized carbons (Fsp3) is 0.316. The third kappa shape index (κ3) is 5.21. The number of pyridine rings is 1. The van der Waals surface area contributed by atoms with Gasteiger partial charge in [0.25, 0.3) is 5.91 Å². The van der Waals surface area contributed by atoms with Crippen LogP contribution in [0.4, 0.5) is 13.2 Å². The summed E-state index contributed by atoms with van der Waals surface area (Å²) in [6.45, 7) is -0.0386. The van der Waals surface area contributed by atoms with E-state index in [-0.39, 0.29) is 30.3 Å². The monoisotopic (exact) mass is 393 g/mol. The van der Waals surface area contributed by atoms with E-state index in [9.17, 15) is 22.8 Å². The molecule has 9 heteroatoms. The molecule has 6 nitrogen and oxygen atoms in total. The maximum absolute atomic E-state index is 12.5. The average Bonchev–Trinajstić information content (AvgIpc) is 3.45. The molecule has 0 radical (unpaired) electrons. The van der Waals surface area contributed by atoms with E-state index in [0.717, 1.165) is 25.0 Å². The lowest BCUT2D eigenvalue weighted by Gasteiger charge is -2.17. The summed E-state index contributed by atoms with van der Waals surface area (Å²) < 4.78 is 43.0. The fourth-order valence-electron chi connectivity index (χ4n) is 2.40. The van der Waals surface area contributed by atoms with Gasteiger partial charge in [0.05, 0.1) is 12.1 Å². The number of aromatic nitrogens is 1. The molecule has 1 aromatic carbocycles. The number of alkyl halides is 3. The summed E-state index contributed by atoms with van der Waals surface area (Å²) in [6, 6.07) is 8.26. The number of likely N-dealkylation sites (N-methyl/N-ethyl adjacent to an activating group) is 1. The molecule has 1 aromatic heterocycles. The Bertz CT molecular complexity index is 847. The van der Waals surface area contributed by atoms with Gasteiger partial charge in [-0.15, -0.1) is 0 Å². The Balaban J connectivity index is 1.57. The third-order valence-corrected chi connectivity index (χ3v) is 4.06. The molecule has 1 N–H and O–H groups in total. The standard InChI is InChI=1S/C19H18F3N3O3/c1-25(11-16(26)24-14-5-6-14)18(27)12-2-7-15(8-3-12)28-17-9-4-13(10-23-17)19(20,21)22/h2-4,7-10,14H,5-6,11H2,1H3,(H,24,26). The second kappa shape index (κ2) is 7.87. The minimum atomic E-state index is -4.46. The molecule has 0 unspecified atom stereocenters. The van der Waals surface area contributed by atoms with Crippen LogP contribution in [-0.2, 0) is 11.0 Å². The molecule has 0 atom stereocenters. The predicted molar refractivity (Wildman–Crippen MR) is 93.9 cm³/mol. The normalized spacial score (nSPS) is 13.7. The summed E-state index contributed by atoms with van der Waals surface area (Å²) >= 11 is 0. The molecule has 0 bridgehead atoms. The van der Waals surface area contributed by atoms with Crippen LogP contribution < -0.4 is 10.1 Å². The molecule has 1 heterocycles. The highest BCUT2D eigenvalue weighted by Crippen LogP contribution is 2.30. The number of nitrogens with zero attached hydrogens (tertiary/aromatic N) is 2. The average molecular weight is 393 g/mol. The Morgan fingerprint density at radius 1 is 1.18 bits per heavy atom. The van der Waals surface area contributed by atoms with Gasteiger partial charge in [-0.1, -0.05) is 0 Å². The molecular formula is C19H18F3N3O3. The predicted octanol–water partition coefficient (Wildman–Crippen LogP) is 3.24. The van der Waals surface area contributed by atoms with Crippen LogP contribution in [0.3, 0.4) is 0 Å². The Kier molecular flexibility index (Phi) is 5.53. The molecule has 1 aliphatic rings. The first-order valence-electron chi connectivity index (χ1n) is 8.58. The Hall–Kier alpha value is -3.10. The number of carbonyl (C=O) groups is 2. The zero-order valence-corrected chi connectivity index (χ0v) is 15.0. The molecule has 1 saturated carbocycles. The van der Waals surface area contributed by atoms with Crippen molar-refractivity contribution in [2.24, 2.45) is 0 Å². The molecule has 148 valence electrons. The first kappa shape index (κ1) is 19.7. The van der Waals surface area contributed by atoms with Crippen molar-refractivity contribution < 1.29 is 27.5 Å². The van der Waals surface area contributed by atoms with Crippen LogP contribution in [0.1, 0.15) is 28.8 Å². The smallest absolute Gasteiger partial charge is 0.417 e. The third-order valence-electron chi connectivity index (χ3n) is 4.06. The minimum Gasteiger partial charge on any atom is -0.439 e. The van der Waals surface area contributed by atoms with Crippen molar-refractivity contribution in [3.63, 3.8) is 0 Å². The van der Waals surface area contributed by atoms with Crippen LogP contribution in [0.2, 0.25) is 0 Å². The SMILES string of the molecule is CN(CC(=O)NC1CC1)C(=O)c1ccc(Oc2ccc(C(F)(F)F)cn2)cc1. The topological polar surface area (TPSA) is 71.5 Å². The number of nitrogens with one attached hydrogen (secondary N) is 1. The Morgan fingerprint density at radius 2 is 1.86 bits per heavy atom. The Morgan fingerprint density at radius 3 is 2.39 bits per heavy atom. The number of benzene rings is 1. The summed E-state index contributed by atoms with van der Waals surface area (Å²) in [5.74, 6) is -0.212. The maximum atomic E-state index is 12.5. The lowest BCUT2D eigenvalue weighted by atomic mass is 10.2. The van der Waals surface area contributed by atoms with Crippen molar-refractivity contribution in [2.45, 2.75) is 25.1 Å². The molecule has 0 spiro atoms. The van der Waals surface area contributed by atoms with Crippen molar-refractivity contribution in [3.8, 4) is 11.6 Å². The quantitative estimate of drug-likeness (QED) is 0.818. The lowest BCUT2D eigenvalue weighted by Crippen LogP contribution is -2.39. The second-order valence-electron chi connectivity index (χ2n) is 6.51. The molecule has 2 aromatic rings. The molecular weight excluding hydrogens is 375 g/mol. The van der Waals surface area contributed by atoms with Crippen LogP contribution in [0.5, 0.6) is 11.6 Å². The first-order valence-corrected chi connectivity index (χ1v) is 8.58. The van der Waals surface area contributed by atoms with E-state index in [1.807, 2.05) is 0 Å². The van der Waals surface area contributed by atoms with Gasteiger partial charge in [0.15, 0.2) is 0 Å². The lowest BCUT2D eigenvalue weighted by molar-refractivity contribution is -0.137. The van der Waals surface area contributed by atoms with Crippen molar-refractivity contribution in [1.29, 1.82) is 0 Å². The number of carbonyl (C=O) groups excluding carboxylic acids is 2. The van der Waals surface area contributed by atoms with Gasteiger partial charge in [-0.25, -0.2) is 4.98 Å². The van der Waals surface area contributed by atoms with E-state index in [2.05, 4.69) is 10.3 Å². The highest BCUT2D eigenvalue weighted by molar-refractivity contribution is 5.96. The van der Waals surface area contributed by atoms with Crippen LogP contribution in [0, 0.1) is 0 Å². The first-order chi connectivity index (χ1) is 13.2. The van der Waals surface area contributed by atoms with Crippen LogP contribution >= 0.6 is 0 Å². The van der Waals surface area contributed by atoms with Gasteiger partial charge in [0.1, 0.15) is 5.75 Å². The van der Waals surface area contributed by atoms with E-state index in [4.69, 9.17) is 4.74 Å². The van der Waals surface area contributed by atoms with Gasteiger partial charge < -0.3 is 15.0 Å². The number of hydrogen-bond acceptors (Lipinski definition) is 4. The molecule has 0 aliphatic heterocycles. The van der Waals surface area contributed by atoms with Crippen molar-refractivity contribution in [1.82, 2.24) is 15.2 Å². The number of rotatable bonds is 6. The molecule has 0 saturated heterocycles. The minimum absolute atomic E-state index is 0.000872. The van der Waals surface area contributed by atoms with Gasteiger partial charge in [0, 0.05) is 30.9 Å². The number of halogens is 3. The summed E-state index contributed by atoms with van der Waals surface area (Å²) in [6.07, 6.45) is -1.83. The van der Waals surface area contributed by atoms with Gasteiger partial charge in [-0.2, -0.15) is 13.2 Å². The van der Waals surface area contributed by atoms with Crippen molar-refractivity contribution >= 4 is 11.8 Å². The highest BCUT2D eigenvalue weighted by Gasteiger charge is 2.30. The number of amides is 2. The van der Waals surface area contributed by atoms with Gasteiger partial charge in [0.2, 0.25) is 11.8 Å². The zero-order valence-electron chi connectivity index (χ0n) is 15.0. The van der Waals surface area contributed by atoms with Gasteiger partial charge in [-0.05, 0) is 43.2 Å². The molecule has 3 rings (SSSR count). The number of ether oxygens (including phenoxy) is 1. The van der Waals surface area contributed by atoms with E-state index in [1.165, 1.54) is 36.2 Å². The molecule has 1 fully saturated rings.